The topological polar surface area (TPSA) is 56.7 Å². The fourth-order valence-corrected chi connectivity index (χ4v) is 3.67. The lowest BCUT2D eigenvalue weighted by molar-refractivity contribution is -0.143. The molecule has 1 saturated heterocycles. The second-order valence-corrected chi connectivity index (χ2v) is 7.09. The first-order valence-corrected chi connectivity index (χ1v) is 9.21. The zero-order valence-corrected chi connectivity index (χ0v) is 15.6. The molecule has 0 bridgehead atoms. The van der Waals surface area contributed by atoms with Gasteiger partial charge in [0, 0.05) is 32.4 Å². The molecule has 3 rings (SSSR count). The first kappa shape index (κ1) is 18.5. The molecule has 2 heterocycles. The summed E-state index contributed by atoms with van der Waals surface area (Å²) in [5.74, 6) is -0.767. The standard InChI is InChI=1S/C21H27N3O2/c1-16-7-8-17(2)19(14-16)20(21(25)26)24-11-5-10-23(12-13-24)15-18-6-3-4-9-22-18/h3-4,6-9,14,20H,5,10-13,15H2,1-2H3,(H,25,26)/t20-/m1/s1. The third-order valence-corrected chi connectivity index (χ3v) is 5.06. The minimum Gasteiger partial charge on any atom is -0.480 e. The van der Waals surface area contributed by atoms with E-state index in [4.69, 9.17) is 0 Å². The van der Waals surface area contributed by atoms with Crippen molar-refractivity contribution < 1.29 is 9.90 Å². The molecule has 0 amide bonds. The van der Waals surface area contributed by atoms with Gasteiger partial charge in [-0.15, -0.1) is 0 Å². The second kappa shape index (κ2) is 8.43. The van der Waals surface area contributed by atoms with E-state index < -0.39 is 12.0 Å². The average Bonchev–Trinajstić information content (AvgIpc) is 2.84. The molecule has 1 aromatic heterocycles. The van der Waals surface area contributed by atoms with Gasteiger partial charge in [0.2, 0.25) is 0 Å². The van der Waals surface area contributed by atoms with Crippen molar-refractivity contribution in [2.45, 2.75) is 32.9 Å². The predicted molar refractivity (Wildman–Crippen MR) is 102 cm³/mol. The third-order valence-electron chi connectivity index (χ3n) is 5.06. The number of hydrogen-bond acceptors (Lipinski definition) is 4. The summed E-state index contributed by atoms with van der Waals surface area (Å²) >= 11 is 0. The summed E-state index contributed by atoms with van der Waals surface area (Å²) in [5, 5.41) is 9.92. The monoisotopic (exact) mass is 353 g/mol. The van der Waals surface area contributed by atoms with Gasteiger partial charge in [-0.1, -0.05) is 29.8 Å². The first-order valence-electron chi connectivity index (χ1n) is 9.21. The number of hydrogen-bond donors (Lipinski definition) is 1. The summed E-state index contributed by atoms with van der Waals surface area (Å²) in [7, 11) is 0. The number of carbonyl (C=O) groups is 1. The van der Waals surface area contributed by atoms with Crippen molar-refractivity contribution in [3.63, 3.8) is 0 Å². The first-order chi connectivity index (χ1) is 12.5. The SMILES string of the molecule is Cc1ccc(C)c([C@H](C(=O)O)N2CCCN(Cc3ccccn3)CC2)c1. The third kappa shape index (κ3) is 4.48. The lowest BCUT2D eigenvalue weighted by atomic mass is 9.97. The minimum atomic E-state index is -0.767. The summed E-state index contributed by atoms with van der Waals surface area (Å²) in [4.78, 5) is 21.0. The van der Waals surface area contributed by atoms with Crippen LogP contribution in [-0.4, -0.2) is 52.0 Å². The summed E-state index contributed by atoms with van der Waals surface area (Å²) < 4.78 is 0. The molecular formula is C21H27N3O2. The molecule has 2 aromatic rings. The Balaban J connectivity index is 1.73. The van der Waals surface area contributed by atoms with Crippen LogP contribution in [0.15, 0.2) is 42.6 Å². The summed E-state index contributed by atoms with van der Waals surface area (Å²) in [6.45, 7) is 8.18. The number of aromatic nitrogens is 1. The number of rotatable bonds is 5. The highest BCUT2D eigenvalue weighted by molar-refractivity contribution is 5.76. The van der Waals surface area contributed by atoms with E-state index in [1.165, 1.54) is 0 Å². The number of aryl methyl sites for hydroxylation is 2. The maximum atomic E-state index is 12.1. The van der Waals surface area contributed by atoms with Crippen LogP contribution in [0, 0.1) is 13.8 Å². The van der Waals surface area contributed by atoms with E-state index in [-0.39, 0.29) is 0 Å². The Kier molecular flexibility index (Phi) is 6.01. The minimum absolute atomic E-state index is 0.579. The molecule has 1 fully saturated rings. The molecule has 0 radical (unpaired) electrons. The molecule has 1 aliphatic rings. The molecule has 1 N–H and O–H groups in total. The lowest BCUT2D eigenvalue weighted by Crippen LogP contribution is -2.37. The molecule has 0 spiro atoms. The van der Waals surface area contributed by atoms with Gasteiger partial charge in [0.15, 0.2) is 0 Å². The molecule has 26 heavy (non-hydrogen) atoms. The van der Waals surface area contributed by atoms with Crippen molar-refractivity contribution in [3.8, 4) is 0 Å². The van der Waals surface area contributed by atoms with Crippen molar-refractivity contribution in [2.75, 3.05) is 26.2 Å². The van der Waals surface area contributed by atoms with E-state index in [9.17, 15) is 9.90 Å². The Morgan fingerprint density at radius 3 is 2.73 bits per heavy atom. The zero-order valence-electron chi connectivity index (χ0n) is 15.6. The fraction of sp³-hybridized carbons (Fsp3) is 0.429. The molecule has 1 aromatic carbocycles. The maximum absolute atomic E-state index is 12.1. The fourth-order valence-electron chi connectivity index (χ4n) is 3.67. The average molecular weight is 353 g/mol. The van der Waals surface area contributed by atoms with Gasteiger partial charge in [-0.2, -0.15) is 0 Å². The van der Waals surface area contributed by atoms with Gasteiger partial charge < -0.3 is 5.11 Å². The van der Waals surface area contributed by atoms with E-state index in [0.717, 1.165) is 61.5 Å². The molecular weight excluding hydrogens is 326 g/mol. The van der Waals surface area contributed by atoms with Gasteiger partial charge in [0.05, 0.1) is 5.69 Å². The molecule has 5 nitrogen and oxygen atoms in total. The Hall–Kier alpha value is -2.24. The van der Waals surface area contributed by atoms with E-state index >= 15 is 0 Å². The van der Waals surface area contributed by atoms with Crippen LogP contribution in [0.5, 0.6) is 0 Å². The van der Waals surface area contributed by atoms with Gasteiger partial charge in [-0.25, -0.2) is 0 Å². The highest BCUT2D eigenvalue weighted by Crippen LogP contribution is 2.26. The van der Waals surface area contributed by atoms with Crippen LogP contribution in [-0.2, 0) is 11.3 Å². The number of nitrogens with zero attached hydrogens (tertiary/aromatic N) is 3. The van der Waals surface area contributed by atoms with Crippen LogP contribution in [0.4, 0.5) is 0 Å². The molecule has 5 heteroatoms. The van der Waals surface area contributed by atoms with E-state index in [1.807, 2.05) is 56.4 Å². The summed E-state index contributed by atoms with van der Waals surface area (Å²) in [6, 6.07) is 11.5. The number of aliphatic carboxylic acids is 1. The van der Waals surface area contributed by atoms with Crippen LogP contribution in [0.1, 0.15) is 34.8 Å². The van der Waals surface area contributed by atoms with Crippen molar-refractivity contribution in [3.05, 3.63) is 65.0 Å². The predicted octanol–water partition coefficient (Wildman–Crippen LogP) is 3.03. The number of carboxylic acids is 1. The van der Waals surface area contributed by atoms with Crippen molar-refractivity contribution in [1.29, 1.82) is 0 Å². The molecule has 1 atom stereocenters. The van der Waals surface area contributed by atoms with Crippen LogP contribution in [0.3, 0.4) is 0 Å². The van der Waals surface area contributed by atoms with Crippen molar-refractivity contribution in [1.82, 2.24) is 14.8 Å². The number of carboxylic acid groups (broad SMARTS) is 1. The van der Waals surface area contributed by atoms with Crippen LogP contribution in [0.2, 0.25) is 0 Å². The van der Waals surface area contributed by atoms with Gasteiger partial charge in [0.25, 0.3) is 0 Å². The van der Waals surface area contributed by atoms with Crippen LogP contribution in [0.25, 0.3) is 0 Å². The van der Waals surface area contributed by atoms with Gasteiger partial charge in [-0.3, -0.25) is 19.6 Å². The number of pyridine rings is 1. The highest BCUT2D eigenvalue weighted by atomic mass is 16.4. The molecule has 138 valence electrons. The summed E-state index contributed by atoms with van der Waals surface area (Å²) in [6.07, 6.45) is 2.78. The van der Waals surface area contributed by atoms with Crippen molar-refractivity contribution in [2.24, 2.45) is 0 Å². The molecule has 1 aliphatic heterocycles. The smallest absolute Gasteiger partial charge is 0.325 e. The van der Waals surface area contributed by atoms with Gasteiger partial charge >= 0.3 is 5.97 Å². The molecule has 0 aliphatic carbocycles. The quantitative estimate of drug-likeness (QED) is 0.895. The van der Waals surface area contributed by atoms with Gasteiger partial charge in [-0.05, 0) is 50.1 Å². The van der Waals surface area contributed by atoms with Gasteiger partial charge in [0.1, 0.15) is 6.04 Å². The van der Waals surface area contributed by atoms with E-state index in [0.29, 0.717) is 0 Å². The Bertz CT molecular complexity index is 748. The maximum Gasteiger partial charge on any atom is 0.325 e. The molecule has 0 unspecified atom stereocenters. The zero-order chi connectivity index (χ0) is 18.5. The molecule has 0 saturated carbocycles. The van der Waals surface area contributed by atoms with E-state index in [2.05, 4.69) is 14.8 Å². The number of benzene rings is 1. The van der Waals surface area contributed by atoms with Crippen LogP contribution < -0.4 is 0 Å². The lowest BCUT2D eigenvalue weighted by Gasteiger charge is -2.29. The summed E-state index contributed by atoms with van der Waals surface area (Å²) in [5.41, 5.74) is 4.11. The van der Waals surface area contributed by atoms with Crippen molar-refractivity contribution >= 4 is 5.97 Å². The van der Waals surface area contributed by atoms with Crippen LogP contribution >= 0.6 is 0 Å². The normalized spacial score (nSPS) is 17.6. The Labute approximate surface area is 155 Å². The Morgan fingerprint density at radius 2 is 2.00 bits per heavy atom. The van der Waals surface area contributed by atoms with E-state index in [1.54, 1.807) is 0 Å². The second-order valence-electron chi connectivity index (χ2n) is 7.09. The highest BCUT2D eigenvalue weighted by Gasteiger charge is 2.30. The Morgan fingerprint density at radius 1 is 1.15 bits per heavy atom. The largest absolute Gasteiger partial charge is 0.480 e.